The van der Waals surface area contributed by atoms with Crippen molar-refractivity contribution in [2.75, 3.05) is 0 Å². The van der Waals surface area contributed by atoms with E-state index in [1.807, 2.05) is 0 Å². The molecule has 0 amide bonds. The molecule has 1 saturated carbocycles. The Balaban J connectivity index is 2.57. The largest absolute Gasteiger partial charge is 0.481 e. The van der Waals surface area contributed by atoms with E-state index in [0.717, 1.165) is 31.6 Å². The van der Waals surface area contributed by atoms with Gasteiger partial charge in [-0.3, -0.25) is 4.79 Å². The van der Waals surface area contributed by atoms with Gasteiger partial charge in [0.1, 0.15) is 0 Å². The highest BCUT2D eigenvalue weighted by molar-refractivity contribution is 5.70. The van der Waals surface area contributed by atoms with Crippen LogP contribution in [-0.2, 0) is 4.79 Å². The van der Waals surface area contributed by atoms with E-state index in [1.165, 1.54) is 19.3 Å². The second kappa shape index (κ2) is 7.03. The standard InChI is InChI=1S/C15H28O2/c1-4-6-11(3)9-13-10-12(5-2)7-8-14(13)15(16)17/h11-14H,4-10H2,1-3H3,(H,16,17). The van der Waals surface area contributed by atoms with Gasteiger partial charge in [-0.2, -0.15) is 0 Å². The smallest absolute Gasteiger partial charge is 0.306 e. The lowest BCUT2D eigenvalue weighted by Gasteiger charge is -2.35. The normalized spacial score (nSPS) is 31.1. The van der Waals surface area contributed by atoms with Crippen LogP contribution in [-0.4, -0.2) is 11.1 Å². The van der Waals surface area contributed by atoms with Crippen LogP contribution in [0.5, 0.6) is 0 Å². The van der Waals surface area contributed by atoms with Crippen LogP contribution in [0.4, 0.5) is 0 Å². The van der Waals surface area contributed by atoms with Gasteiger partial charge in [0.15, 0.2) is 0 Å². The predicted octanol–water partition coefficient (Wildman–Crippen LogP) is 4.34. The number of hydrogen-bond donors (Lipinski definition) is 1. The Bertz CT molecular complexity index is 237. The van der Waals surface area contributed by atoms with Crippen LogP contribution in [0.1, 0.15) is 65.7 Å². The maximum absolute atomic E-state index is 11.3. The van der Waals surface area contributed by atoms with E-state index in [4.69, 9.17) is 0 Å². The second-order valence-corrected chi connectivity index (χ2v) is 5.92. The lowest BCUT2D eigenvalue weighted by molar-refractivity contribution is -0.145. The minimum atomic E-state index is -0.562. The SMILES string of the molecule is CCCC(C)CC1CC(CC)CCC1C(=O)O. The summed E-state index contributed by atoms with van der Waals surface area (Å²) in [5, 5.41) is 9.31. The summed E-state index contributed by atoms with van der Waals surface area (Å²) < 4.78 is 0. The van der Waals surface area contributed by atoms with Gasteiger partial charge < -0.3 is 5.11 Å². The zero-order valence-electron chi connectivity index (χ0n) is 11.6. The molecule has 0 aliphatic heterocycles. The van der Waals surface area contributed by atoms with Gasteiger partial charge in [-0.05, 0) is 43.4 Å². The Morgan fingerprint density at radius 1 is 1.35 bits per heavy atom. The lowest BCUT2D eigenvalue weighted by atomic mass is 9.70. The first-order chi connectivity index (χ1) is 8.08. The van der Waals surface area contributed by atoms with Crippen molar-refractivity contribution in [3.05, 3.63) is 0 Å². The summed E-state index contributed by atoms with van der Waals surface area (Å²) in [6, 6.07) is 0. The van der Waals surface area contributed by atoms with E-state index in [9.17, 15) is 9.90 Å². The molecule has 1 fully saturated rings. The Kier molecular flexibility index (Phi) is 6.01. The topological polar surface area (TPSA) is 37.3 Å². The molecule has 0 saturated heterocycles. The summed E-state index contributed by atoms with van der Waals surface area (Å²) in [6.45, 7) is 6.72. The molecule has 2 nitrogen and oxygen atoms in total. The Labute approximate surface area is 106 Å². The van der Waals surface area contributed by atoms with Gasteiger partial charge in [-0.1, -0.05) is 40.0 Å². The van der Waals surface area contributed by atoms with Crippen molar-refractivity contribution >= 4 is 5.97 Å². The summed E-state index contributed by atoms with van der Waals surface area (Å²) in [4.78, 5) is 11.3. The molecule has 0 heterocycles. The van der Waals surface area contributed by atoms with Crippen molar-refractivity contribution in [1.82, 2.24) is 0 Å². The fourth-order valence-corrected chi connectivity index (χ4v) is 3.45. The lowest BCUT2D eigenvalue weighted by Crippen LogP contribution is -2.31. The molecule has 0 spiro atoms. The van der Waals surface area contributed by atoms with Crippen LogP contribution in [0.15, 0.2) is 0 Å². The van der Waals surface area contributed by atoms with Crippen LogP contribution in [0, 0.1) is 23.7 Å². The summed E-state index contributed by atoms with van der Waals surface area (Å²) in [7, 11) is 0. The van der Waals surface area contributed by atoms with Crippen LogP contribution in [0.2, 0.25) is 0 Å². The average molecular weight is 240 g/mol. The molecule has 1 aliphatic rings. The molecule has 1 N–H and O–H groups in total. The Morgan fingerprint density at radius 3 is 2.59 bits per heavy atom. The number of hydrogen-bond acceptors (Lipinski definition) is 1. The molecule has 0 bridgehead atoms. The van der Waals surface area contributed by atoms with E-state index in [0.29, 0.717) is 11.8 Å². The molecule has 0 aromatic heterocycles. The number of carboxylic acids is 1. The van der Waals surface area contributed by atoms with Gasteiger partial charge in [0.05, 0.1) is 5.92 Å². The molecule has 0 aromatic rings. The molecule has 1 aliphatic carbocycles. The van der Waals surface area contributed by atoms with Crippen molar-refractivity contribution < 1.29 is 9.90 Å². The van der Waals surface area contributed by atoms with Gasteiger partial charge in [0.2, 0.25) is 0 Å². The monoisotopic (exact) mass is 240 g/mol. The van der Waals surface area contributed by atoms with Crippen molar-refractivity contribution in [2.45, 2.75) is 65.7 Å². The molecular formula is C15H28O2. The molecule has 0 aromatic carbocycles. The fraction of sp³-hybridized carbons (Fsp3) is 0.933. The third kappa shape index (κ3) is 4.33. The van der Waals surface area contributed by atoms with Crippen molar-refractivity contribution in [3.63, 3.8) is 0 Å². The minimum absolute atomic E-state index is 0.0721. The summed E-state index contributed by atoms with van der Waals surface area (Å²) >= 11 is 0. The van der Waals surface area contributed by atoms with Gasteiger partial charge in [0.25, 0.3) is 0 Å². The Hall–Kier alpha value is -0.530. The van der Waals surface area contributed by atoms with Crippen molar-refractivity contribution in [2.24, 2.45) is 23.7 Å². The number of rotatable bonds is 6. The van der Waals surface area contributed by atoms with E-state index >= 15 is 0 Å². The maximum atomic E-state index is 11.3. The summed E-state index contributed by atoms with van der Waals surface area (Å²) in [5.41, 5.74) is 0. The Morgan fingerprint density at radius 2 is 2.06 bits per heavy atom. The van der Waals surface area contributed by atoms with Gasteiger partial charge in [-0.25, -0.2) is 0 Å². The van der Waals surface area contributed by atoms with Crippen LogP contribution >= 0.6 is 0 Å². The van der Waals surface area contributed by atoms with Crippen LogP contribution in [0.25, 0.3) is 0 Å². The highest BCUT2D eigenvalue weighted by atomic mass is 16.4. The van der Waals surface area contributed by atoms with Gasteiger partial charge in [-0.15, -0.1) is 0 Å². The highest BCUT2D eigenvalue weighted by Gasteiger charge is 2.34. The van der Waals surface area contributed by atoms with Gasteiger partial charge in [0, 0.05) is 0 Å². The zero-order valence-corrected chi connectivity index (χ0v) is 11.6. The molecule has 1 rings (SSSR count). The number of carboxylic acid groups (broad SMARTS) is 1. The number of aliphatic carboxylic acids is 1. The summed E-state index contributed by atoms with van der Waals surface area (Å²) in [6.07, 6.45) is 7.93. The fourth-order valence-electron chi connectivity index (χ4n) is 3.45. The van der Waals surface area contributed by atoms with E-state index in [2.05, 4.69) is 20.8 Å². The molecule has 4 unspecified atom stereocenters. The first-order valence-corrected chi connectivity index (χ1v) is 7.31. The third-order valence-electron chi connectivity index (χ3n) is 4.47. The predicted molar refractivity (Wildman–Crippen MR) is 70.9 cm³/mol. The molecule has 0 radical (unpaired) electrons. The van der Waals surface area contributed by atoms with Crippen LogP contribution < -0.4 is 0 Å². The third-order valence-corrected chi connectivity index (χ3v) is 4.47. The first-order valence-electron chi connectivity index (χ1n) is 7.31. The maximum Gasteiger partial charge on any atom is 0.306 e. The van der Waals surface area contributed by atoms with E-state index in [-0.39, 0.29) is 5.92 Å². The van der Waals surface area contributed by atoms with Crippen molar-refractivity contribution in [3.8, 4) is 0 Å². The summed E-state index contributed by atoms with van der Waals surface area (Å²) in [5.74, 6) is 1.24. The molecule has 4 atom stereocenters. The molecule has 100 valence electrons. The van der Waals surface area contributed by atoms with E-state index < -0.39 is 5.97 Å². The quantitative estimate of drug-likeness (QED) is 0.750. The molecule has 2 heteroatoms. The van der Waals surface area contributed by atoms with Crippen molar-refractivity contribution in [1.29, 1.82) is 0 Å². The van der Waals surface area contributed by atoms with Crippen LogP contribution in [0.3, 0.4) is 0 Å². The zero-order chi connectivity index (χ0) is 12.8. The van der Waals surface area contributed by atoms with E-state index in [1.54, 1.807) is 0 Å². The molecular weight excluding hydrogens is 212 g/mol. The highest BCUT2D eigenvalue weighted by Crippen LogP contribution is 2.39. The minimum Gasteiger partial charge on any atom is -0.481 e. The second-order valence-electron chi connectivity index (χ2n) is 5.92. The van der Waals surface area contributed by atoms with Gasteiger partial charge >= 0.3 is 5.97 Å². The number of carbonyl (C=O) groups is 1. The first kappa shape index (κ1) is 14.5. The average Bonchev–Trinajstić information content (AvgIpc) is 2.28. The molecule has 17 heavy (non-hydrogen) atoms.